The third-order valence-corrected chi connectivity index (χ3v) is 7.83. The first kappa shape index (κ1) is 29.8. The van der Waals surface area contributed by atoms with E-state index in [-0.39, 0.29) is 17.8 Å². The molecule has 230 valence electrons. The van der Waals surface area contributed by atoms with Gasteiger partial charge in [0.2, 0.25) is 11.8 Å². The van der Waals surface area contributed by atoms with Gasteiger partial charge >= 0.3 is 6.09 Å². The number of hydrogen-bond donors (Lipinski definition) is 2. The van der Waals surface area contributed by atoms with Crippen molar-refractivity contribution in [3.63, 3.8) is 0 Å². The fraction of sp³-hybridized carbons (Fsp3) is 0.286. The summed E-state index contributed by atoms with van der Waals surface area (Å²) in [5, 5.41) is 12.4. The standard InChI is InChI=1S/C35H35N5O5/c1-21(2)44-35(43)37-31(25-8-5-4-6-9-25)34(42)40-17-7-10-30(40)33-39-38-32(45-33)26-15-16-28-27(19-26)20-29(36-28)24-13-11-23(12-14-24)18-22(3)41/h4-6,8-9,11-16,19-21,30-31,36H,7,10,17-18H2,1-3H3,(H,37,43)/t30-,31?/m0/s1. The van der Waals surface area contributed by atoms with Crippen LogP contribution in [0.4, 0.5) is 4.79 Å². The molecule has 10 heteroatoms. The molecule has 10 nitrogen and oxygen atoms in total. The normalized spacial score (nSPS) is 15.4. The van der Waals surface area contributed by atoms with Crippen LogP contribution in [0, 0.1) is 0 Å². The van der Waals surface area contributed by atoms with Crippen molar-refractivity contribution in [2.75, 3.05) is 6.54 Å². The number of ketones is 1. The third-order valence-electron chi connectivity index (χ3n) is 7.83. The first-order chi connectivity index (χ1) is 21.7. The lowest BCUT2D eigenvalue weighted by molar-refractivity contribution is -0.135. The summed E-state index contributed by atoms with van der Waals surface area (Å²) in [5.41, 5.74) is 5.35. The molecule has 45 heavy (non-hydrogen) atoms. The van der Waals surface area contributed by atoms with Gasteiger partial charge in [0, 0.05) is 35.1 Å². The van der Waals surface area contributed by atoms with Gasteiger partial charge in [0.1, 0.15) is 17.9 Å². The van der Waals surface area contributed by atoms with Gasteiger partial charge < -0.3 is 24.4 Å². The van der Waals surface area contributed by atoms with E-state index in [2.05, 4.69) is 26.6 Å². The predicted molar refractivity (Wildman–Crippen MR) is 169 cm³/mol. The van der Waals surface area contributed by atoms with Crippen molar-refractivity contribution in [3.8, 4) is 22.7 Å². The zero-order chi connectivity index (χ0) is 31.5. The maximum absolute atomic E-state index is 13.9. The molecule has 6 rings (SSSR count). The van der Waals surface area contributed by atoms with E-state index in [1.807, 2.05) is 60.7 Å². The second-order valence-electron chi connectivity index (χ2n) is 11.6. The van der Waals surface area contributed by atoms with Crippen LogP contribution < -0.4 is 5.32 Å². The number of hydrogen-bond acceptors (Lipinski definition) is 7. The number of ether oxygens (including phenoxy) is 1. The van der Waals surface area contributed by atoms with E-state index in [1.54, 1.807) is 37.8 Å². The number of nitrogens with zero attached hydrogens (tertiary/aromatic N) is 3. The number of nitrogens with one attached hydrogen (secondary N) is 2. The molecule has 0 saturated carbocycles. The van der Waals surface area contributed by atoms with E-state index in [4.69, 9.17) is 9.15 Å². The number of carbonyl (C=O) groups excluding carboxylic acids is 3. The predicted octanol–water partition coefficient (Wildman–Crippen LogP) is 6.56. The summed E-state index contributed by atoms with van der Waals surface area (Å²) in [7, 11) is 0. The molecule has 2 N–H and O–H groups in total. The number of likely N-dealkylation sites (tertiary alicyclic amines) is 1. The van der Waals surface area contributed by atoms with Crippen LogP contribution in [0.25, 0.3) is 33.6 Å². The van der Waals surface area contributed by atoms with Gasteiger partial charge in [-0.25, -0.2) is 4.79 Å². The Morgan fingerprint density at radius 3 is 2.49 bits per heavy atom. The molecule has 5 aromatic rings. The minimum Gasteiger partial charge on any atom is -0.447 e. The van der Waals surface area contributed by atoms with Gasteiger partial charge in [-0.1, -0.05) is 54.6 Å². The molecule has 2 aromatic heterocycles. The SMILES string of the molecule is CC(=O)Cc1ccc(-c2cc3cc(-c4nnc([C@@H]5CCCN5C(=O)C(NC(=O)OC(C)C)c5ccccc5)o4)ccc3[nH]2)cc1. The zero-order valence-electron chi connectivity index (χ0n) is 25.4. The largest absolute Gasteiger partial charge is 0.447 e. The summed E-state index contributed by atoms with van der Waals surface area (Å²) >= 11 is 0. The molecule has 0 bridgehead atoms. The molecule has 0 spiro atoms. The molecule has 0 radical (unpaired) electrons. The molecular formula is C35H35N5O5. The lowest BCUT2D eigenvalue weighted by atomic mass is 10.1. The highest BCUT2D eigenvalue weighted by Gasteiger charge is 2.38. The van der Waals surface area contributed by atoms with E-state index < -0.39 is 18.2 Å². The Kier molecular flexibility index (Phi) is 8.46. The van der Waals surface area contributed by atoms with Crippen LogP contribution in [-0.2, 0) is 20.7 Å². The maximum atomic E-state index is 13.9. The monoisotopic (exact) mass is 605 g/mol. The number of alkyl carbamates (subject to hydrolysis) is 1. The Balaban J connectivity index is 1.21. The van der Waals surface area contributed by atoms with Gasteiger partial charge in [0.15, 0.2) is 0 Å². The molecule has 2 atom stereocenters. The Morgan fingerprint density at radius 2 is 1.76 bits per heavy atom. The highest BCUT2D eigenvalue weighted by molar-refractivity contribution is 5.89. The number of amides is 2. The molecule has 0 aliphatic carbocycles. The van der Waals surface area contributed by atoms with E-state index in [9.17, 15) is 14.4 Å². The van der Waals surface area contributed by atoms with Gasteiger partial charge in [-0.05, 0) is 74.6 Å². The summed E-state index contributed by atoms with van der Waals surface area (Å²) in [6.07, 6.45) is 0.870. The number of benzene rings is 3. The van der Waals surface area contributed by atoms with Crippen molar-refractivity contribution in [3.05, 3.63) is 95.9 Å². The van der Waals surface area contributed by atoms with E-state index in [1.165, 1.54) is 0 Å². The molecule has 1 aliphatic heterocycles. The van der Waals surface area contributed by atoms with Crippen LogP contribution in [0.15, 0.2) is 83.3 Å². The van der Waals surface area contributed by atoms with Crippen LogP contribution >= 0.6 is 0 Å². The second-order valence-corrected chi connectivity index (χ2v) is 11.6. The summed E-state index contributed by atoms with van der Waals surface area (Å²) < 4.78 is 11.5. The quantitative estimate of drug-likeness (QED) is 0.195. The lowest BCUT2D eigenvalue weighted by Crippen LogP contribution is -2.43. The molecule has 3 heterocycles. The van der Waals surface area contributed by atoms with Gasteiger partial charge in [0.05, 0.1) is 6.10 Å². The van der Waals surface area contributed by atoms with Crippen molar-refractivity contribution in [1.82, 2.24) is 25.4 Å². The summed E-state index contributed by atoms with van der Waals surface area (Å²) in [6.45, 7) is 5.60. The zero-order valence-corrected chi connectivity index (χ0v) is 25.4. The third kappa shape index (κ3) is 6.64. The van der Waals surface area contributed by atoms with Crippen LogP contribution in [0.3, 0.4) is 0 Å². The van der Waals surface area contributed by atoms with Crippen LogP contribution in [0.2, 0.25) is 0 Å². The molecule has 2 amide bonds. The number of rotatable bonds is 9. The van der Waals surface area contributed by atoms with Crippen molar-refractivity contribution in [2.45, 2.75) is 58.2 Å². The number of carbonyl (C=O) groups is 3. The first-order valence-electron chi connectivity index (χ1n) is 15.1. The molecule has 3 aromatic carbocycles. The highest BCUT2D eigenvalue weighted by atomic mass is 16.6. The minimum absolute atomic E-state index is 0.134. The number of aromatic amines is 1. The Morgan fingerprint density at radius 1 is 1.00 bits per heavy atom. The Labute approximate surface area is 260 Å². The average Bonchev–Trinajstić information content (AvgIpc) is 3.79. The second kappa shape index (κ2) is 12.8. The van der Waals surface area contributed by atoms with Gasteiger partial charge in [-0.2, -0.15) is 0 Å². The maximum Gasteiger partial charge on any atom is 0.408 e. The number of H-pyrrole nitrogens is 1. The van der Waals surface area contributed by atoms with Crippen molar-refractivity contribution < 1.29 is 23.5 Å². The number of Topliss-reactive ketones (excluding diaryl/α,β-unsaturated/α-hetero) is 1. The van der Waals surface area contributed by atoms with Gasteiger partial charge in [-0.3, -0.25) is 9.59 Å². The molecule has 1 aliphatic rings. The minimum atomic E-state index is -0.920. The first-order valence-corrected chi connectivity index (χ1v) is 15.1. The fourth-order valence-electron chi connectivity index (χ4n) is 5.75. The van der Waals surface area contributed by atoms with Crippen molar-refractivity contribution >= 4 is 28.7 Å². The van der Waals surface area contributed by atoms with Crippen molar-refractivity contribution in [1.29, 1.82) is 0 Å². The Bertz CT molecular complexity index is 1830. The summed E-state index contributed by atoms with van der Waals surface area (Å²) in [5.74, 6) is 0.586. The molecule has 1 unspecified atom stereocenters. The summed E-state index contributed by atoms with van der Waals surface area (Å²) in [4.78, 5) is 43.0. The fourth-order valence-corrected chi connectivity index (χ4v) is 5.75. The van der Waals surface area contributed by atoms with Crippen LogP contribution in [0.5, 0.6) is 0 Å². The molecule has 1 fully saturated rings. The average molecular weight is 606 g/mol. The Hall–Kier alpha value is -5.25. The smallest absolute Gasteiger partial charge is 0.408 e. The van der Waals surface area contributed by atoms with E-state index in [0.717, 1.165) is 39.7 Å². The summed E-state index contributed by atoms with van der Waals surface area (Å²) in [6, 6.07) is 23.7. The molecular weight excluding hydrogens is 570 g/mol. The van der Waals surface area contributed by atoms with E-state index in [0.29, 0.717) is 36.7 Å². The van der Waals surface area contributed by atoms with Crippen LogP contribution in [0.1, 0.15) is 62.7 Å². The van der Waals surface area contributed by atoms with Gasteiger partial charge in [-0.15, -0.1) is 10.2 Å². The van der Waals surface area contributed by atoms with Gasteiger partial charge in [0.25, 0.3) is 5.91 Å². The number of aromatic nitrogens is 3. The van der Waals surface area contributed by atoms with E-state index >= 15 is 0 Å². The topological polar surface area (TPSA) is 130 Å². The number of fused-ring (bicyclic) bond motifs is 1. The lowest BCUT2D eigenvalue weighted by Gasteiger charge is -2.28. The molecule has 1 saturated heterocycles. The highest BCUT2D eigenvalue weighted by Crippen LogP contribution is 2.35. The van der Waals surface area contributed by atoms with Crippen LogP contribution in [-0.4, -0.2) is 50.5 Å². The van der Waals surface area contributed by atoms with Crippen molar-refractivity contribution in [2.24, 2.45) is 0 Å².